The molecule has 0 unspecified atom stereocenters. The largest absolute Gasteiger partial charge is 0.465 e. The van der Waals surface area contributed by atoms with E-state index in [2.05, 4.69) is 19.6 Å². The number of thioether (sulfide) groups is 1. The van der Waals surface area contributed by atoms with E-state index in [-0.39, 0.29) is 5.97 Å². The van der Waals surface area contributed by atoms with Gasteiger partial charge in [-0.15, -0.1) is 0 Å². The van der Waals surface area contributed by atoms with Gasteiger partial charge in [-0.3, -0.25) is 4.79 Å². The standard InChI is InChI=1S/C9H18O2S2/c1-2-3-7-13-8-5-11-9(10)4-6-12/h12H,2-8H2,1H3. The molecule has 0 saturated carbocycles. The number of thiol groups is 1. The Kier molecular flexibility index (Phi) is 10.4. The van der Waals surface area contributed by atoms with Crippen molar-refractivity contribution in [2.75, 3.05) is 23.9 Å². The minimum absolute atomic E-state index is 0.133. The van der Waals surface area contributed by atoms with Gasteiger partial charge in [0.15, 0.2) is 0 Å². The third-order valence-corrected chi connectivity index (χ3v) is 2.71. The zero-order valence-electron chi connectivity index (χ0n) is 8.12. The molecule has 0 aliphatic carbocycles. The smallest absolute Gasteiger partial charge is 0.306 e. The second-order valence-electron chi connectivity index (χ2n) is 2.66. The van der Waals surface area contributed by atoms with Crippen molar-refractivity contribution in [3.63, 3.8) is 0 Å². The average Bonchev–Trinajstić information content (AvgIpc) is 2.11. The highest BCUT2D eigenvalue weighted by Gasteiger charge is 1.99. The maximum atomic E-state index is 10.9. The molecule has 0 fully saturated rings. The number of carbonyl (C=O) groups excluding carboxylic acids is 1. The molecule has 0 amide bonds. The van der Waals surface area contributed by atoms with E-state index in [9.17, 15) is 4.79 Å². The van der Waals surface area contributed by atoms with Crippen LogP contribution in [0.25, 0.3) is 0 Å². The molecule has 0 N–H and O–H groups in total. The average molecular weight is 222 g/mol. The molecule has 78 valence electrons. The Bertz CT molecular complexity index is 129. The van der Waals surface area contributed by atoms with Crippen LogP contribution in [-0.4, -0.2) is 29.8 Å². The molecule has 2 nitrogen and oxygen atoms in total. The first-order valence-electron chi connectivity index (χ1n) is 4.65. The number of esters is 1. The third kappa shape index (κ3) is 10.1. The lowest BCUT2D eigenvalue weighted by atomic mass is 10.4. The summed E-state index contributed by atoms with van der Waals surface area (Å²) in [5.41, 5.74) is 0. The number of rotatable bonds is 8. The van der Waals surface area contributed by atoms with Crippen molar-refractivity contribution in [3.8, 4) is 0 Å². The lowest BCUT2D eigenvalue weighted by Gasteiger charge is -2.02. The summed E-state index contributed by atoms with van der Waals surface area (Å²) in [7, 11) is 0. The van der Waals surface area contributed by atoms with Gasteiger partial charge in [0.25, 0.3) is 0 Å². The van der Waals surface area contributed by atoms with Gasteiger partial charge in [-0.25, -0.2) is 0 Å². The molecule has 0 radical (unpaired) electrons. The van der Waals surface area contributed by atoms with E-state index in [0.29, 0.717) is 18.8 Å². The van der Waals surface area contributed by atoms with Crippen molar-refractivity contribution >= 4 is 30.4 Å². The quantitative estimate of drug-likeness (QED) is 0.388. The van der Waals surface area contributed by atoms with Crippen molar-refractivity contribution in [1.29, 1.82) is 0 Å². The zero-order chi connectivity index (χ0) is 9.94. The summed E-state index contributed by atoms with van der Waals surface area (Å²) in [6.45, 7) is 2.72. The fourth-order valence-corrected chi connectivity index (χ4v) is 1.81. The number of hydrogen-bond donors (Lipinski definition) is 1. The first-order valence-corrected chi connectivity index (χ1v) is 6.44. The predicted molar refractivity (Wildman–Crippen MR) is 61.7 cm³/mol. The number of ether oxygens (including phenoxy) is 1. The van der Waals surface area contributed by atoms with Crippen LogP contribution in [0, 0.1) is 0 Å². The number of carbonyl (C=O) groups is 1. The van der Waals surface area contributed by atoms with Gasteiger partial charge in [-0.05, 0) is 12.2 Å². The minimum atomic E-state index is -0.133. The fraction of sp³-hybridized carbons (Fsp3) is 0.889. The van der Waals surface area contributed by atoms with Gasteiger partial charge in [0.1, 0.15) is 6.61 Å². The monoisotopic (exact) mass is 222 g/mol. The molecule has 0 aromatic heterocycles. The van der Waals surface area contributed by atoms with E-state index in [1.165, 1.54) is 18.6 Å². The van der Waals surface area contributed by atoms with Crippen molar-refractivity contribution < 1.29 is 9.53 Å². The topological polar surface area (TPSA) is 26.3 Å². The van der Waals surface area contributed by atoms with Gasteiger partial charge >= 0.3 is 5.97 Å². The van der Waals surface area contributed by atoms with Crippen molar-refractivity contribution in [2.45, 2.75) is 26.2 Å². The molecule has 0 spiro atoms. The lowest BCUT2D eigenvalue weighted by molar-refractivity contribution is -0.142. The van der Waals surface area contributed by atoms with Crippen LogP contribution in [0.1, 0.15) is 26.2 Å². The second kappa shape index (κ2) is 10.3. The molecule has 0 rings (SSSR count). The Hall–Kier alpha value is 0.170. The summed E-state index contributed by atoms with van der Waals surface area (Å²) in [6.07, 6.45) is 2.89. The van der Waals surface area contributed by atoms with Gasteiger partial charge in [0.05, 0.1) is 6.42 Å². The molecular weight excluding hydrogens is 204 g/mol. The summed E-state index contributed by atoms with van der Waals surface area (Å²) >= 11 is 5.79. The van der Waals surface area contributed by atoms with E-state index < -0.39 is 0 Å². The number of hydrogen-bond acceptors (Lipinski definition) is 4. The summed E-state index contributed by atoms with van der Waals surface area (Å²) in [4.78, 5) is 10.9. The van der Waals surface area contributed by atoms with Gasteiger partial charge < -0.3 is 4.74 Å². The van der Waals surface area contributed by atoms with Gasteiger partial charge in [0, 0.05) is 11.5 Å². The predicted octanol–water partition coefficient (Wildman–Crippen LogP) is 2.38. The normalized spacial score (nSPS) is 10.0. The van der Waals surface area contributed by atoms with Gasteiger partial charge in [-0.1, -0.05) is 13.3 Å². The highest BCUT2D eigenvalue weighted by atomic mass is 32.2. The maximum Gasteiger partial charge on any atom is 0.306 e. The van der Waals surface area contributed by atoms with Crippen LogP contribution in [0.5, 0.6) is 0 Å². The van der Waals surface area contributed by atoms with Crippen LogP contribution >= 0.6 is 24.4 Å². The highest BCUT2D eigenvalue weighted by molar-refractivity contribution is 7.99. The van der Waals surface area contributed by atoms with E-state index in [4.69, 9.17) is 4.74 Å². The summed E-state index contributed by atoms with van der Waals surface area (Å²) in [6, 6.07) is 0. The van der Waals surface area contributed by atoms with Crippen molar-refractivity contribution in [1.82, 2.24) is 0 Å². The Morgan fingerprint density at radius 3 is 2.85 bits per heavy atom. The molecule has 0 aliphatic heterocycles. The molecule has 0 bridgehead atoms. The van der Waals surface area contributed by atoms with Crippen LogP contribution in [0.2, 0.25) is 0 Å². The molecule has 0 aromatic carbocycles. The first-order chi connectivity index (χ1) is 6.31. The first kappa shape index (κ1) is 13.2. The molecule has 0 heterocycles. The maximum absolute atomic E-state index is 10.9. The highest BCUT2D eigenvalue weighted by Crippen LogP contribution is 2.04. The third-order valence-electron chi connectivity index (χ3n) is 1.45. The van der Waals surface area contributed by atoms with Crippen LogP contribution in [0.4, 0.5) is 0 Å². The molecule has 0 aliphatic rings. The Morgan fingerprint density at radius 1 is 1.46 bits per heavy atom. The van der Waals surface area contributed by atoms with E-state index >= 15 is 0 Å². The van der Waals surface area contributed by atoms with Gasteiger partial charge in [0.2, 0.25) is 0 Å². The Morgan fingerprint density at radius 2 is 2.23 bits per heavy atom. The molecule has 4 heteroatoms. The zero-order valence-corrected chi connectivity index (χ0v) is 9.83. The molecule has 0 saturated heterocycles. The second-order valence-corrected chi connectivity index (χ2v) is 4.33. The fourth-order valence-electron chi connectivity index (χ4n) is 0.726. The van der Waals surface area contributed by atoms with E-state index in [1.54, 1.807) is 0 Å². The van der Waals surface area contributed by atoms with Crippen LogP contribution < -0.4 is 0 Å². The van der Waals surface area contributed by atoms with Crippen LogP contribution in [0.15, 0.2) is 0 Å². The number of unbranched alkanes of at least 4 members (excludes halogenated alkanes) is 1. The van der Waals surface area contributed by atoms with Crippen LogP contribution in [-0.2, 0) is 9.53 Å². The summed E-state index contributed by atoms with van der Waals surface area (Å²) in [5, 5.41) is 0. The molecule has 0 atom stereocenters. The minimum Gasteiger partial charge on any atom is -0.465 e. The van der Waals surface area contributed by atoms with E-state index in [1.807, 2.05) is 11.8 Å². The van der Waals surface area contributed by atoms with Crippen molar-refractivity contribution in [2.24, 2.45) is 0 Å². The Balaban J connectivity index is 3.02. The Labute approximate surface area is 90.2 Å². The summed E-state index contributed by atoms with van der Waals surface area (Å²) < 4.78 is 4.95. The molecule has 0 aromatic rings. The van der Waals surface area contributed by atoms with Gasteiger partial charge in [-0.2, -0.15) is 24.4 Å². The SMILES string of the molecule is CCCCSCCOC(=O)CCS. The van der Waals surface area contributed by atoms with E-state index in [0.717, 1.165) is 5.75 Å². The lowest BCUT2D eigenvalue weighted by Crippen LogP contribution is -2.07. The van der Waals surface area contributed by atoms with Crippen molar-refractivity contribution in [3.05, 3.63) is 0 Å². The molecule has 13 heavy (non-hydrogen) atoms. The van der Waals surface area contributed by atoms with Crippen LogP contribution in [0.3, 0.4) is 0 Å². The molecular formula is C9H18O2S2. The summed E-state index contributed by atoms with van der Waals surface area (Å²) in [5.74, 6) is 2.52.